The Kier molecular flexibility index (Phi) is 7.68. The maximum atomic E-state index is 12.7. The number of hydrogen-bond donors (Lipinski definition) is 1. The van der Waals surface area contributed by atoms with Gasteiger partial charge in [0.1, 0.15) is 17.1 Å². The van der Waals surface area contributed by atoms with Gasteiger partial charge in [0, 0.05) is 37.3 Å². The summed E-state index contributed by atoms with van der Waals surface area (Å²) in [5.41, 5.74) is 2.62. The molecule has 0 radical (unpaired) electrons. The van der Waals surface area contributed by atoms with Gasteiger partial charge in [0.05, 0.1) is 17.9 Å². The third-order valence-corrected chi connectivity index (χ3v) is 6.45. The minimum Gasteiger partial charge on any atom is -0.481 e. The highest BCUT2D eigenvalue weighted by Gasteiger charge is 2.19. The van der Waals surface area contributed by atoms with E-state index in [2.05, 4.69) is 39.4 Å². The summed E-state index contributed by atoms with van der Waals surface area (Å²) < 4.78 is 11.0. The second-order valence-electron chi connectivity index (χ2n) is 8.91. The highest BCUT2D eigenvalue weighted by Crippen LogP contribution is 2.28. The summed E-state index contributed by atoms with van der Waals surface area (Å²) in [6.45, 7) is 5.31. The van der Waals surface area contributed by atoms with Gasteiger partial charge < -0.3 is 24.6 Å². The fourth-order valence-corrected chi connectivity index (χ4v) is 4.54. The van der Waals surface area contributed by atoms with Crippen molar-refractivity contribution >= 4 is 40.0 Å². The van der Waals surface area contributed by atoms with E-state index in [1.807, 2.05) is 36.4 Å². The van der Waals surface area contributed by atoms with Gasteiger partial charge in [-0.15, -0.1) is 0 Å². The third kappa shape index (κ3) is 5.70. The Morgan fingerprint density at radius 1 is 0.842 bits per heavy atom. The van der Waals surface area contributed by atoms with Crippen LogP contribution < -0.4 is 19.9 Å². The molecule has 0 aliphatic carbocycles. The molecule has 5 rings (SSSR count). The average Bonchev–Trinajstić information content (AvgIpc) is 2.97. The molecule has 0 unspecified atom stereocenters. The molecular weight excluding hydrogens is 480 g/mol. The zero-order valence-electron chi connectivity index (χ0n) is 21.3. The quantitative estimate of drug-likeness (QED) is 0.342. The Balaban J connectivity index is 1.26. The number of anilines is 3. The summed E-state index contributed by atoms with van der Waals surface area (Å²) in [7, 11) is 0. The first-order valence-electron chi connectivity index (χ1n) is 12.8. The summed E-state index contributed by atoms with van der Waals surface area (Å²) in [6, 6.07) is 26.9. The normalized spacial score (nSPS) is 13.3. The van der Waals surface area contributed by atoms with Crippen LogP contribution >= 0.6 is 0 Å². The number of fused-ring (bicyclic) bond motifs is 1. The molecule has 1 N–H and O–H groups in total. The smallest absolute Gasteiger partial charge is 0.340 e. The van der Waals surface area contributed by atoms with Gasteiger partial charge >= 0.3 is 5.97 Å². The fraction of sp³-hybridized carbons (Fsp3) is 0.233. The number of aromatic nitrogens is 1. The molecule has 1 saturated heterocycles. The van der Waals surface area contributed by atoms with Gasteiger partial charge in [-0.05, 0) is 49.4 Å². The molecule has 1 aliphatic rings. The Hall–Kier alpha value is -4.59. The summed E-state index contributed by atoms with van der Waals surface area (Å²) in [5.74, 6) is 0.543. The summed E-state index contributed by atoms with van der Waals surface area (Å²) in [5, 5.41) is 3.68. The Bertz CT molecular complexity index is 1420. The molecule has 194 valence electrons. The van der Waals surface area contributed by atoms with Gasteiger partial charge in [0.2, 0.25) is 0 Å². The first-order valence-corrected chi connectivity index (χ1v) is 12.8. The number of piperazine rings is 1. The van der Waals surface area contributed by atoms with Gasteiger partial charge in [0.15, 0.2) is 6.61 Å². The minimum absolute atomic E-state index is 0.224. The molecule has 8 heteroatoms. The van der Waals surface area contributed by atoms with Crippen LogP contribution in [0, 0.1) is 0 Å². The van der Waals surface area contributed by atoms with E-state index in [9.17, 15) is 9.59 Å². The summed E-state index contributed by atoms with van der Waals surface area (Å²) >= 11 is 0. The number of para-hydroxylation sites is 3. The van der Waals surface area contributed by atoms with Crippen molar-refractivity contribution in [2.24, 2.45) is 0 Å². The lowest BCUT2D eigenvalue weighted by Crippen LogP contribution is -2.46. The number of ether oxygens (including phenoxy) is 2. The van der Waals surface area contributed by atoms with E-state index in [4.69, 9.17) is 14.5 Å². The maximum Gasteiger partial charge on any atom is 0.340 e. The SMILES string of the molecule is CCOC(=O)c1ccccc1NC(=O)COc1cccc2ccc(N3CCN(c4ccccc4)CC3)nc12. The fourth-order valence-electron chi connectivity index (χ4n) is 4.54. The number of nitrogens with zero attached hydrogens (tertiary/aromatic N) is 3. The van der Waals surface area contributed by atoms with Gasteiger partial charge in [-0.2, -0.15) is 0 Å². The number of carbonyl (C=O) groups is 2. The van der Waals surface area contributed by atoms with E-state index in [0.29, 0.717) is 22.5 Å². The van der Waals surface area contributed by atoms with Crippen molar-refractivity contribution in [3.05, 3.63) is 90.5 Å². The topological polar surface area (TPSA) is 84.0 Å². The molecule has 0 atom stereocenters. The lowest BCUT2D eigenvalue weighted by atomic mass is 10.2. The van der Waals surface area contributed by atoms with Crippen molar-refractivity contribution in [1.82, 2.24) is 4.98 Å². The van der Waals surface area contributed by atoms with E-state index >= 15 is 0 Å². The molecule has 0 saturated carbocycles. The van der Waals surface area contributed by atoms with Crippen LogP contribution in [0.15, 0.2) is 84.9 Å². The Labute approximate surface area is 221 Å². The molecule has 8 nitrogen and oxygen atoms in total. The van der Waals surface area contributed by atoms with Crippen LogP contribution in [0.25, 0.3) is 10.9 Å². The number of benzene rings is 3. The van der Waals surface area contributed by atoms with Crippen molar-refractivity contribution in [3.63, 3.8) is 0 Å². The number of carbonyl (C=O) groups excluding carboxylic acids is 2. The monoisotopic (exact) mass is 510 g/mol. The van der Waals surface area contributed by atoms with E-state index in [0.717, 1.165) is 37.4 Å². The number of amides is 1. The summed E-state index contributed by atoms with van der Waals surface area (Å²) in [6.07, 6.45) is 0. The Morgan fingerprint density at radius 3 is 2.37 bits per heavy atom. The van der Waals surface area contributed by atoms with Crippen LogP contribution in [0.5, 0.6) is 5.75 Å². The van der Waals surface area contributed by atoms with Crippen LogP contribution in [0.4, 0.5) is 17.2 Å². The van der Waals surface area contributed by atoms with E-state index in [1.54, 1.807) is 31.2 Å². The Morgan fingerprint density at radius 2 is 1.58 bits per heavy atom. The van der Waals surface area contributed by atoms with Gasteiger partial charge in [-0.3, -0.25) is 4.79 Å². The van der Waals surface area contributed by atoms with E-state index < -0.39 is 5.97 Å². The number of rotatable bonds is 8. The molecule has 3 aromatic carbocycles. The van der Waals surface area contributed by atoms with E-state index in [1.165, 1.54) is 5.69 Å². The highest BCUT2D eigenvalue weighted by molar-refractivity contribution is 6.01. The lowest BCUT2D eigenvalue weighted by molar-refractivity contribution is -0.118. The van der Waals surface area contributed by atoms with Crippen LogP contribution in [0.1, 0.15) is 17.3 Å². The van der Waals surface area contributed by atoms with Gasteiger partial charge in [0.25, 0.3) is 5.91 Å². The van der Waals surface area contributed by atoms with Crippen molar-refractivity contribution < 1.29 is 19.1 Å². The zero-order chi connectivity index (χ0) is 26.3. The molecule has 0 bridgehead atoms. The molecular formula is C30H30N4O4. The number of hydrogen-bond acceptors (Lipinski definition) is 7. The molecule has 1 amide bonds. The zero-order valence-corrected chi connectivity index (χ0v) is 21.3. The van der Waals surface area contributed by atoms with Crippen molar-refractivity contribution in [2.75, 3.05) is 54.5 Å². The predicted octanol–water partition coefficient (Wildman–Crippen LogP) is 4.76. The standard InChI is InChI=1S/C30H30N4O4/c1-2-37-30(36)24-12-6-7-13-25(24)31-28(35)21-38-26-14-8-9-22-15-16-27(32-29(22)26)34-19-17-33(18-20-34)23-10-4-3-5-11-23/h3-16H,2,17-21H2,1H3,(H,31,35). The van der Waals surface area contributed by atoms with E-state index in [-0.39, 0.29) is 19.1 Å². The van der Waals surface area contributed by atoms with Crippen molar-refractivity contribution in [2.45, 2.75) is 6.92 Å². The van der Waals surface area contributed by atoms with Crippen molar-refractivity contribution in [1.29, 1.82) is 0 Å². The lowest BCUT2D eigenvalue weighted by Gasteiger charge is -2.36. The first-order chi connectivity index (χ1) is 18.6. The van der Waals surface area contributed by atoms with Gasteiger partial charge in [-0.25, -0.2) is 9.78 Å². The second kappa shape index (κ2) is 11.6. The first kappa shape index (κ1) is 25.1. The van der Waals surface area contributed by atoms with Crippen LogP contribution in [0.3, 0.4) is 0 Å². The molecule has 0 spiro atoms. The molecule has 1 aliphatic heterocycles. The average molecular weight is 511 g/mol. The molecule has 1 aromatic heterocycles. The number of pyridine rings is 1. The largest absolute Gasteiger partial charge is 0.481 e. The molecule has 1 fully saturated rings. The minimum atomic E-state index is -0.486. The van der Waals surface area contributed by atoms with Gasteiger partial charge in [-0.1, -0.05) is 42.5 Å². The van der Waals surface area contributed by atoms with Crippen LogP contribution in [0.2, 0.25) is 0 Å². The molecule has 2 heterocycles. The second-order valence-corrected chi connectivity index (χ2v) is 8.91. The predicted molar refractivity (Wildman–Crippen MR) is 149 cm³/mol. The van der Waals surface area contributed by atoms with Crippen LogP contribution in [-0.2, 0) is 9.53 Å². The number of esters is 1. The molecule has 38 heavy (non-hydrogen) atoms. The summed E-state index contributed by atoms with van der Waals surface area (Å²) in [4.78, 5) is 34.5. The van der Waals surface area contributed by atoms with Crippen LogP contribution in [-0.4, -0.2) is 56.3 Å². The third-order valence-electron chi connectivity index (χ3n) is 6.45. The molecule has 4 aromatic rings. The van der Waals surface area contributed by atoms with Crippen molar-refractivity contribution in [3.8, 4) is 5.75 Å². The maximum absolute atomic E-state index is 12.7. The highest BCUT2D eigenvalue weighted by atomic mass is 16.5. The number of nitrogens with one attached hydrogen (secondary N) is 1.